The van der Waals surface area contributed by atoms with Crippen LogP contribution in [0.5, 0.6) is 0 Å². The number of hydrogen-bond acceptors (Lipinski definition) is 4. The van der Waals surface area contributed by atoms with Crippen molar-refractivity contribution in [1.29, 1.82) is 0 Å². The van der Waals surface area contributed by atoms with Crippen molar-refractivity contribution in [3.8, 4) is 0 Å². The maximum absolute atomic E-state index is 12.2. The smallest absolute Gasteiger partial charge is 0.240 e. The molecule has 0 radical (unpaired) electrons. The van der Waals surface area contributed by atoms with Gasteiger partial charge in [0.15, 0.2) is 0 Å². The normalized spacial score (nSPS) is 13.5. The Bertz CT molecular complexity index is 515. The summed E-state index contributed by atoms with van der Waals surface area (Å²) in [6, 6.07) is 5.23. The van der Waals surface area contributed by atoms with Crippen molar-refractivity contribution in [1.82, 2.24) is 4.72 Å². The lowest BCUT2D eigenvalue weighted by Gasteiger charge is -2.14. The second kappa shape index (κ2) is 7.00. The topological polar surface area (TPSA) is 81.4 Å². The molecule has 1 rings (SSSR count). The van der Waals surface area contributed by atoms with E-state index in [-0.39, 0.29) is 5.92 Å². The van der Waals surface area contributed by atoms with E-state index in [1.54, 1.807) is 26.2 Å². The van der Waals surface area contributed by atoms with Crippen LogP contribution in [0.25, 0.3) is 0 Å². The number of rotatable bonds is 7. The zero-order chi connectivity index (χ0) is 14.5. The van der Waals surface area contributed by atoms with Gasteiger partial charge in [-0.05, 0) is 30.0 Å². The van der Waals surface area contributed by atoms with Crippen LogP contribution in [0.4, 0.5) is 0 Å². The van der Waals surface area contributed by atoms with Gasteiger partial charge >= 0.3 is 0 Å². The Morgan fingerprint density at radius 1 is 1.42 bits per heavy atom. The zero-order valence-electron chi connectivity index (χ0n) is 11.6. The van der Waals surface area contributed by atoms with Gasteiger partial charge in [0.1, 0.15) is 0 Å². The minimum Gasteiger partial charge on any atom is -0.384 e. The standard InChI is InChI=1S/C13H22N2O3S/c1-10(9-18-3)8-15-19(16,17)13-6-12(7-14)5-4-11(13)2/h4-6,10,15H,7-9,14H2,1-3H3. The summed E-state index contributed by atoms with van der Waals surface area (Å²) in [6.45, 7) is 4.89. The van der Waals surface area contributed by atoms with E-state index >= 15 is 0 Å². The third kappa shape index (κ3) is 4.58. The van der Waals surface area contributed by atoms with E-state index in [0.29, 0.717) is 30.2 Å². The molecule has 3 N–H and O–H groups in total. The monoisotopic (exact) mass is 286 g/mol. The maximum atomic E-state index is 12.2. The van der Waals surface area contributed by atoms with Crippen LogP contribution in [0.2, 0.25) is 0 Å². The summed E-state index contributed by atoms with van der Waals surface area (Å²) in [5, 5.41) is 0. The van der Waals surface area contributed by atoms with Crippen molar-refractivity contribution >= 4 is 10.0 Å². The lowest BCUT2D eigenvalue weighted by atomic mass is 10.1. The highest BCUT2D eigenvalue weighted by Crippen LogP contribution is 2.17. The largest absolute Gasteiger partial charge is 0.384 e. The zero-order valence-corrected chi connectivity index (χ0v) is 12.5. The van der Waals surface area contributed by atoms with Gasteiger partial charge in [-0.1, -0.05) is 19.1 Å². The Morgan fingerprint density at radius 2 is 2.11 bits per heavy atom. The van der Waals surface area contributed by atoms with Gasteiger partial charge in [0.25, 0.3) is 0 Å². The molecule has 1 aromatic carbocycles. The highest BCUT2D eigenvalue weighted by molar-refractivity contribution is 7.89. The summed E-state index contributed by atoms with van der Waals surface area (Å²) in [7, 11) is -1.90. The van der Waals surface area contributed by atoms with Gasteiger partial charge in [-0.15, -0.1) is 0 Å². The molecule has 0 aliphatic heterocycles. The van der Waals surface area contributed by atoms with Crippen LogP contribution in [0.3, 0.4) is 0 Å². The van der Waals surface area contributed by atoms with Crippen molar-refractivity contribution in [2.24, 2.45) is 11.7 Å². The van der Waals surface area contributed by atoms with Crippen LogP contribution in [0, 0.1) is 12.8 Å². The average molecular weight is 286 g/mol. The van der Waals surface area contributed by atoms with E-state index in [9.17, 15) is 8.42 Å². The first-order valence-electron chi connectivity index (χ1n) is 6.19. The highest BCUT2D eigenvalue weighted by Gasteiger charge is 2.18. The molecular weight excluding hydrogens is 264 g/mol. The Hall–Kier alpha value is -0.950. The first-order valence-corrected chi connectivity index (χ1v) is 7.67. The quantitative estimate of drug-likeness (QED) is 0.784. The van der Waals surface area contributed by atoms with Crippen LogP contribution in [-0.2, 0) is 21.3 Å². The lowest BCUT2D eigenvalue weighted by molar-refractivity contribution is 0.161. The predicted molar refractivity (Wildman–Crippen MR) is 75.3 cm³/mol. The van der Waals surface area contributed by atoms with E-state index in [1.165, 1.54) is 0 Å². The van der Waals surface area contributed by atoms with E-state index in [4.69, 9.17) is 10.5 Å². The summed E-state index contributed by atoms with van der Waals surface area (Å²) in [5.41, 5.74) is 7.06. The molecule has 0 aliphatic rings. The van der Waals surface area contributed by atoms with E-state index in [2.05, 4.69) is 4.72 Å². The van der Waals surface area contributed by atoms with E-state index in [1.807, 2.05) is 13.0 Å². The van der Waals surface area contributed by atoms with Crippen molar-refractivity contribution in [3.63, 3.8) is 0 Å². The molecule has 0 spiro atoms. The van der Waals surface area contributed by atoms with Crippen molar-refractivity contribution in [2.75, 3.05) is 20.3 Å². The number of benzene rings is 1. The molecule has 5 nitrogen and oxygen atoms in total. The molecule has 0 amide bonds. The molecule has 0 saturated heterocycles. The van der Waals surface area contributed by atoms with Crippen LogP contribution in [-0.4, -0.2) is 28.7 Å². The summed E-state index contributed by atoms with van der Waals surface area (Å²) in [4.78, 5) is 0.292. The number of ether oxygens (including phenoxy) is 1. The van der Waals surface area contributed by atoms with Gasteiger partial charge in [0.2, 0.25) is 10.0 Å². The van der Waals surface area contributed by atoms with E-state index < -0.39 is 10.0 Å². The average Bonchev–Trinajstić information content (AvgIpc) is 2.37. The first-order chi connectivity index (χ1) is 8.90. The molecule has 0 heterocycles. The third-order valence-corrected chi connectivity index (χ3v) is 4.42. The second-order valence-electron chi connectivity index (χ2n) is 4.72. The molecule has 0 saturated carbocycles. The van der Waals surface area contributed by atoms with Crippen molar-refractivity contribution < 1.29 is 13.2 Å². The van der Waals surface area contributed by atoms with Crippen LogP contribution in [0.15, 0.2) is 23.1 Å². The molecule has 0 bridgehead atoms. The molecule has 108 valence electrons. The van der Waals surface area contributed by atoms with Crippen LogP contribution in [0.1, 0.15) is 18.1 Å². The fourth-order valence-corrected chi connectivity index (χ4v) is 3.19. The number of nitrogens with two attached hydrogens (primary N) is 1. The molecule has 0 aliphatic carbocycles. The Kier molecular flexibility index (Phi) is 5.93. The van der Waals surface area contributed by atoms with Crippen molar-refractivity contribution in [3.05, 3.63) is 29.3 Å². The van der Waals surface area contributed by atoms with Gasteiger partial charge in [-0.25, -0.2) is 13.1 Å². The minimum absolute atomic E-state index is 0.123. The molecule has 0 fully saturated rings. The fourth-order valence-electron chi connectivity index (χ4n) is 1.73. The van der Waals surface area contributed by atoms with E-state index in [0.717, 1.165) is 5.56 Å². The first kappa shape index (κ1) is 16.1. The number of hydrogen-bond donors (Lipinski definition) is 2. The Morgan fingerprint density at radius 3 is 2.68 bits per heavy atom. The molecule has 1 unspecified atom stereocenters. The van der Waals surface area contributed by atoms with Crippen molar-refractivity contribution in [2.45, 2.75) is 25.3 Å². The Balaban J connectivity index is 2.88. The van der Waals surface area contributed by atoms with Gasteiger partial charge in [-0.3, -0.25) is 0 Å². The van der Waals surface area contributed by atoms with Gasteiger partial charge in [-0.2, -0.15) is 0 Å². The maximum Gasteiger partial charge on any atom is 0.240 e. The molecule has 0 aromatic heterocycles. The molecule has 6 heteroatoms. The van der Waals surface area contributed by atoms with Gasteiger partial charge in [0.05, 0.1) is 4.90 Å². The van der Waals surface area contributed by atoms with Crippen LogP contribution >= 0.6 is 0 Å². The SMILES string of the molecule is COCC(C)CNS(=O)(=O)c1cc(CN)ccc1C. The molecular formula is C13H22N2O3S. The van der Waals surface area contributed by atoms with Gasteiger partial charge in [0, 0.05) is 26.8 Å². The summed E-state index contributed by atoms with van der Waals surface area (Å²) < 4.78 is 32.1. The number of sulfonamides is 1. The molecule has 1 aromatic rings. The predicted octanol–water partition coefficient (Wildman–Crippen LogP) is 1.01. The highest BCUT2D eigenvalue weighted by atomic mass is 32.2. The second-order valence-corrected chi connectivity index (χ2v) is 6.45. The van der Waals surface area contributed by atoms with Crippen LogP contribution < -0.4 is 10.5 Å². The third-order valence-electron chi connectivity index (χ3n) is 2.85. The fraction of sp³-hybridized carbons (Fsp3) is 0.538. The summed E-state index contributed by atoms with van der Waals surface area (Å²) in [5.74, 6) is 0.123. The number of methoxy groups -OCH3 is 1. The number of nitrogens with one attached hydrogen (secondary N) is 1. The summed E-state index contributed by atoms with van der Waals surface area (Å²) >= 11 is 0. The van der Waals surface area contributed by atoms with Gasteiger partial charge < -0.3 is 10.5 Å². The molecule has 19 heavy (non-hydrogen) atoms. The number of aryl methyl sites for hydroxylation is 1. The summed E-state index contributed by atoms with van der Waals surface area (Å²) in [6.07, 6.45) is 0. The molecule has 1 atom stereocenters. The minimum atomic E-state index is -3.50. The Labute approximate surface area is 115 Å². The lowest BCUT2D eigenvalue weighted by Crippen LogP contribution is -2.30.